The molecule has 198 valence electrons. The molecule has 2 bridgehead atoms. The van der Waals surface area contributed by atoms with Crippen molar-refractivity contribution in [2.24, 2.45) is 11.8 Å². The highest BCUT2D eigenvalue weighted by Gasteiger charge is 2.73. The number of fused-ring (bicyclic) bond motifs is 2. The van der Waals surface area contributed by atoms with E-state index in [-0.39, 0.29) is 36.9 Å². The van der Waals surface area contributed by atoms with Crippen LogP contribution in [0.15, 0.2) is 36.9 Å². The average molecular weight is 528 g/mol. The summed E-state index contributed by atoms with van der Waals surface area (Å²) in [6.07, 6.45) is 6.04. The number of nitrogens with zero attached hydrogens (tertiary/aromatic N) is 5. The summed E-state index contributed by atoms with van der Waals surface area (Å²) in [5, 5.41) is 27.4. The van der Waals surface area contributed by atoms with Crippen molar-refractivity contribution in [3.8, 4) is 0 Å². The fourth-order valence-corrected chi connectivity index (χ4v) is 8.64. The quantitative estimate of drug-likeness (QED) is 0.317. The van der Waals surface area contributed by atoms with Gasteiger partial charge in [0.1, 0.15) is 18.2 Å². The molecule has 11 heteroatoms. The normalized spacial score (nSPS) is 28.1. The van der Waals surface area contributed by atoms with E-state index in [1.807, 2.05) is 24.3 Å². The van der Waals surface area contributed by atoms with E-state index in [2.05, 4.69) is 16.9 Å². The van der Waals surface area contributed by atoms with Crippen LogP contribution in [-0.4, -0.2) is 88.5 Å². The van der Waals surface area contributed by atoms with Gasteiger partial charge in [-0.2, -0.15) is 0 Å². The molecule has 2 aromatic rings. The fourth-order valence-electron chi connectivity index (χ4n) is 6.43. The molecule has 5 rings (SSSR count). The number of carbonyl (C=O) groups excluding carboxylic acids is 2. The Bertz CT molecular complexity index is 1200. The number of carbonyl (C=O) groups is 3. The van der Waals surface area contributed by atoms with E-state index < -0.39 is 28.6 Å². The molecule has 10 nitrogen and oxygen atoms in total. The molecule has 0 saturated carbocycles. The Morgan fingerprint density at radius 1 is 1.24 bits per heavy atom. The summed E-state index contributed by atoms with van der Waals surface area (Å²) in [6.45, 7) is 4.77. The first-order valence-electron chi connectivity index (χ1n) is 12.9. The predicted octanol–water partition coefficient (Wildman–Crippen LogP) is 2.13. The molecular formula is C26H33N5O5S. The standard InChI is InChI=1S/C26H33N5O5S/c1-2-13-29(16-31-18-10-6-5-9-17(18)27-28-31)24(34)22-26-12-11-19(37-26)20(25(35)36)21(26)23(33)30(22)14-7-3-4-8-15-32/h2,5-6,9-10,19-22,32H,1,3-4,7-8,11-16H2,(H,35,36)/t19-,20+,21+,22?,26?/m1/s1. The molecule has 3 fully saturated rings. The molecule has 1 spiro atoms. The lowest BCUT2D eigenvalue weighted by Crippen LogP contribution is -2.55. The molecule has 1 aromatic heterocycles. The van der Waals surface area contributed by atoms with Crippen LogP contribution in [0.5, 0.6) is 0 Å². The van der Waals surface area contributed by atoms with Crippen LogP contribution in [0.2, 0.25) is 0 Å². The summed E-state index contributed by atoms with van der Waals surface area (Å²) in [5.41, 5.74) is 1.52. The zero-order valence-corrected chi connectivity index (χ0v) is 21.6. The van der Waals surface area contributed by atoms with Crippen molar-refractivity contribution in [2.75, 3.05) is 19.7 Å². The maximum atomic E-state index is 14.3. The van der Waals surface area contributed by atoms with Crippen molar-refractivity contribution in [2.45, 2.75) is 61.2 Å². The smallest absolute Gasteiger partial charge is 0.308 e. The van der Waals surface area contributed by atoms with Crippen molar-refractivity contribution in [1.82, 2.24) is 24.8 Å². The highest BCUT2D eigenvalue weighted by atomic mass is 32.2. The molecule has 2 N–H and O–H groups in total. The van der Waals surface area contributed by atoms with E-state index in [1.165, 1.54) is 11.8 Å². The van der Waals surface area contributed by atoms with Gasteiger partial charge in [-0.05, 0) is 37.8 Å². The Morgan fingerprint density at radius 3 is 2.78 bits per heavy atom. The molecule has 3 aliphatic heterocycles. The van der Waals surface area contributed by atoms with Crippen molar-refractivity contribution < 1.29 is 24.6 Å². The number of amides is 2. The second-order valence-corrected chi connectivity index (χ2v) is 11.7. The van der Waals surface area contributed by atoms with Crippen LogP contribution in [0, 0.1) is 11.8 Å². The fraction of sp³-hybridized carbons (Fsp3) is 0.577. The minimum Gasteiger partial charge on any atom is -0.481 e. The zero-order chi connectivity index (χ0) is 26.2. The van der Waals surface area contributed by atoms with Gasteiger partial charge in [0.05, 0.1) is 22.1 Å². The van der Waals surface area contributed by atoms with Crippen LogP contribution in [0.25, 0.3) is 11.0 Å². The van der Waals surface area contributed by atoms with E-state index in [0.29, 0.717) is 32.2 Å². The number of carboxylic acid groups (broad SMARTS) is 1. The van der Waals surface area contributed by atoms with Gasteiger partial charge in [-0.3, -0.25) is 14.4 Å². The molecule has 4 heterocycles. The third-order valence-electron chi connectivity index (χ3n) is 8.01. The number of rotatable bonds is 12. The Hall–Kier alpha value is -2.92. The van der Waals surface area contributed by atoms with Crippen LogP contribution < -0.4 is 0 Å². The second kappa shape index (κ2) is 10.4. The van der Waals surface area contributed by atoms with Gasteiger partial charge in [0.2, 0.25) is 11.8 Å². The lowest BCUT2D eigenvalue weighted by molar-refractivity contribution is -0.148. The SMILES string of the molecule is C=CCN(Cn1nnc2ccccc21)C(=O)C1N(CCCCCCO)C(=O)[C@@H]2[C@@H](C(=O)O)[C@H]3CCC12S3. The van der Waals surface area contributed by atoms with Gasteiger partial charge in [0.15, 0.2) is 0 Å². The largest absolute Gasteiger partial charge is 0.481 e. The van der Waals surface area contributed by atoms with Gasteiger partial charge in [-0.25, -0.2) is 4.68 Å². The first kappa shape index (κ1) is 25.7. The number of thioether (sulfide) groups is 1. The number of benzene rings is 1. The van der Waals surface area contributed by atoms with Crippen molar-refractivity contribution in [3.63, 3.8) is 0 Å². The van der Waals surface area contributed by atoms with Crippen LogP contribution in [0.3, 0.4) is 0 Å². The molecule has 0 aliphatic carbocycles. The average Bonchev–Trinajstić information content (AvgIpc) is 3.63. The Kier molecular flexibility index (Phi) is 7.26. The number of para-hydroxylation sites is 1. The lowest BCUT2D eigenvalue weighted by Gasteiger charge is -2.37. The number of aromatic nitrogens is 3. The van der Waals surface area contributed by atoms with E-state index in [9.17, 15) is 19.5 Å². The first-order chi connectivity index (χ1) is 17.9. The number of carboxylic acids is 1. The van der Waals surface area contributed by atoms with E-state index >= 15 is 0 Å². The van der Waals surface area contributed by atoms with Gasteiger partial charge in [0, 0.05) is 24.9 Å². The van der Waals surface area contributed by atoms with E-state index in [0.717, 1.165) is 23.9 Å². The number of hydrogen-bond acceptors (Lipinski definition) is 7. The number of hydrogen-bond donors (Lipinski definition) is 2. The predicted molar refractivity (Wildman–Crippen MR) is 138 cm³/mol. The highest BCUT2D eigenvalue weighted by molar-refractivity contribution is 8.02. The highest BCUT2D eigenvalue weighted by Crippen LogP contribution is 2.66. The van der Waals surface area contributed by atoms with E-state index in [1.54, 1.807) is 20.6 Å². The van der Waals surface area contributed by atoms with Gasteiger partial charge in [0.25, 0.3) is 0 Å². The number of likely N-dealkylation sites (tertiary alicyclic amines) is 1. The van der Waals surface area contributed by atoms with Crippen molar-refractivity contribution >= 4 is 40.6 Å². The number of aliphatic hydroxyl groups is 1. The molecule has 2 unspecified atom stereocenters. The molecule has 1 aromatic carbocycles. The summed E-state index contributed by atoms with van der Waals surface area (Å²) in [5.74, 6) is -2.84. The third-order valence-corrected chi connectivity index (χ3v) is 9.96. The van der Waals surface area contributed by atoms with E-state index in [4.69, 9.17) is 5.11 Å². The first-order valence-corrected chi connectivity index (χ1v) is 13.8. The Labute approximate surface area is 219 Å². The van der Waals surface area contributed by atoms with Crippen molar-refractivity contribution in [1.29, 1.82) is 0 Å². The number of unbranched alkanes of at least 4 members (excludes halogenated alkanes) is 3. The summed E-state index contributed by atoms with van der Waals surface area (Å²) >= 11 is 1.54. The summed E-state index contributed by atoms with van der Waals surface area (Å²) in [7, 11) is 0. The molecule has 37 heavy (non-hydrogen) atoms. The third kappa shape index (κ3) is 4.31. The zero-order valence-electron chi connectivity index (χ0n) is 20.7. The number of aliphatic carboxylic acids is 1. The molecule has 3 saturated heterocycles. The topological polar surface area (TPSA) is 129 Å². The molecule has 2 amide bonds. The van der Waals surface area contributed by atoms with Crippen LogP contribution in [0.1, 0.15) is 38.5 Å². The Balaban J connectivity index is 1.46. The monoisotopic (exact) mass is 527 g/mol. The molecular weight excluding hydrogens is 494 g/mol. The van der Waals surface area contributed by atoms with Gasteiger partial charge >= 0.3 is 5.97 Å². The van der Waals surface area contributed by atoms with Gasteiger partial charge in [-0.15, -0.1) is 23.4 Å². The Morgan fingerprint density at radius 2 is 2.03 bits per heavy atom. The summed E-state index contributed by atoms with van der Waals surface area (Å²) in [6, 6.07) is 6.78. The maximum Gasteiger partial charge on any atom is 0.308 e. The van der Waals surface area contributed by atoms with Gasteiger partial charge in [-0.1, -0.05) is 36.3 Å². The minimum atomic E-state index is -0.953. The number of aliphatic hydroxyl groups excluding tert-OH is 1. The molecule has 5 atom stereocenters. The molecule has 0 radical (unpaired) electrons. The molecule has 3 aliphatic rings. The van der Waals surface area contributed by atoms with Crippen molar-refractivity contribution in [3.05, 3.63) is 36.9 Å². The maximum absolute atomic E-state index is 14.3. The second-order valence-electron chi connectivity index (χ2n) is 10.1. The van der Waals surface area contributed by atoms with Crippen LogP contribution in [0.4, 0.5) is 0 Å². The lowest BCUT2D eigenvalue weighted by atomic mass is 9.71. The van der Waals surface area contributed by atoms with Gasteiger partial charge < -0.3 is 20.0 Å². The minimum absolute atomic E-state index is 0.126. The summed E-state index contributed by atoms with van der Waals surface area (Å²) < 4.78 is 0.929. The van der Waals surface area contributed by atoms with Crippen LogP contribution >= 0.6 is 11.8 Å². The van der Waals surface area contributed by atoms with Crippen LogP contribution in [-0.2, 0) is 21.1 Å². The summed E-state index contributed by atoms with van der Waals surface area (Å²) in [4.78, 5) is 43.6.